The fourth-order valence-corrected chi connectivity index (χ4v) is 2.59. The van der Waals surface area contributed by atoms with Crippen LogP contribution in [0.2, 0.25) is 5.02 Å². The molecule has 0 radical (unpaired) electrons. The van der Waals surface area contributed by atoms with Gasteiger partial charge in [0.2, 0.25) is 0 Å². The summed E-state index contributed by atoms with van der Waals surface area (Å²) in [7, 11) is 0. The van der Waals surface area contributed by atoms with Crippen LogP contribution in [0.15, 0.2) is 48.7 Å². The molecular weight excluding hydrogens is 268 g/mol. The molecule has 0 aliphatic carbocycles. The van der Waals surface area contributed by atoms with Gasteiger partial charge in [-0.05, 0) is 55.6 Å². The van der Waals surface area contributed by atoms with Crippen molar-refractivity contribution >= 4 is 11.6 Å². The minimum absolute atomic E-state index is 0.459. The SMILES string of the molecule is CCNC(CCc1ccccn1)Cc1cccc(Cl)c1. The summed E-state index contributed by atoms with van der Waals surface area (Å²) < 4.78 is 0. The van der Waals surface area contributed by atoms with Gasteiger partial charge in [0.1, 0.15) is 0 Å². The maximum atomic E-state index is 6.05. The normalized spacial score (nSPS) is 12.3. The molecule has 0 aliphatic rings. The summed E-state index contributed by atoms with van der Waals surface area (Å²) in [6, 6.07) is 14.7. The number of likely N-dealkylation sites (N-methyl/N-ethyl adjacent to an activating group) is 1. The van der Waals surface area contributed by atoms with Gasteiger partial charge in [-0.25, -0.2) is 0 Å². The van der Waals surface area contributed by atoms with Crippen molar-refractivity contribution in [2.75, 3.05) is 6.54 Å². The molecule has 1 aromatic heterocycles. The Morgan fingerprint density at radius 3 is 2.80 bits per heavy atom. The summed E-state index contributed by atoms with van der Waals surface area (Å²) in [5.41, 5.74) is 2.44. The summed E-state index contributed by atoms with van der Waals surface area (Å²) in [5.74, 6) is 0. The standard InChI is InChI=1S/C17H21ClN2/c1-2-19-17(10-9-16-8-3-4-11-20-16)13-14-6-5-7-15(18)12-14/h3-8,11-12,17,19H,2,9-10,13H2,1H3. The van der Waals surface area contributed by atoms with Crippen LogP contribution in [-0.2, 0) is 12.8 Å². The molecule has 1 unspecified atom stereocenters. The first-order valence-electron chi connectivity index (χ1n) is 7.15. The molecule has 0 aliphatic heterocycles. The zero-order valence-corrected chi connectivity index (χ0v) is 12.6. The van der Waals surface area contributed by atoms with Crippen molar-refractivity contribution in [1.82, 2.24) is 10.3 Å². The van der Waals surface area contributed by atoms with E-state index in [1.54, 1.807) is 0 Å². The van der Waals surface area contributed by atoms with Gasteiger partial charge in [0.15, 0.2) is 0 Å². The van der Waals surface area contributed by atoms with Gasteiger partial charge < -0.3 is 5.32 Å². The number of hydrogen-bond acceptors (Lipinski definition) is 2. The largest absolute Gasteiger partial charge is 0.314 e. The van der Waals surface area contributed by atoms with Crippen LogP contribution in [0.4, 0.5) is 0 Å². The Morgan fingerprint density at radius 1 is 1.20 bits per heavy atom. The molecule has 106 valence electrons. The molecule has 1 atom stereocenters. The summed E-state index contributed by atoms with van der Waals surface area (Å²) in [6.45, 7) is 3.12. The number of rotatable bonds is 7. The summed E-state index contributed by atoms with van der Waals surface area (Å²) in [5, 5.41) is 4.36. The predicted molar refractivity (Wildman–Crippen MR) is 85.2 cm³/mol. The lowest BCUT2D eigenvalue weighted by molar-refractivity contribution is 0.489. The van der Waals surface area contributed by atoms with Gasteiger partial charge in [-0.1, -0.05) is 36.7 Å². The smallest absolute Gasteiger partial charge is 0.0408 e. The first-order chi connectivity index (χ1) is 9.78. The summed E-state index contributed by atoms with van der Waals surface area (Å²) in [4.78, 5) is 4.38. The van der Waals surface area contributed by atoms with E-state index < -0.39 is 0 Å². The molecular formula is C17H21ClN2. The molecule has 2 nitrogen and oxygen atoms in total. The third-order valence-corrected chi connectivity index (χ3v) is 3.57. The summed E-state index contributed by atoms with van der Waals surface area (Å²) >= 11 is 6.05. The van der Waals surface area contributed by atoms with Crippen molar-refractivity contribution in [3.8, 4) is 0 Å². The van der Waals surface area contributed by atoms with Crippen LogP contribution in [0.1, 0.15) is 24.6 Å². The average molecular weight is 289 g/mol. The number of aryl methyl sites for hydroxylation is 1. The third-order valence-electron chi connectivity index (χ3n) is 3.34. The topological polar surface area (TPSA) is 24.9 Å². The first kappa shape index (κ1) is 15.0. The predicted octanol–water partition coefficient (Wildman–Crippen LogP) is 3.89. The van der Waals surface area contributed by atoms with Crippen LogP contribution in [-0.4, -0.2) is 17.6 Å². The van der Waals surface area contributed by atoms with Crippen LogP contribution >= 0.6 is 11.6 Å². The molecule has 3 heteroatoms. The van der Waals surface area contributed by atoms with Crippen LogP contribution < -0.4 is 5.32 Å². The number of halogens is 1. The highest BCUT2D eigenvalue weighted by atomic mass is 35.5. The Bertz CT molecular complexity index is 513. The second-order valence-corrected chi connectivity index (χ2v) is 5.38. The van der Waals surface area contributed by atoms with Crippen LogP contribution in [0.25, 0.3) is 0 Å². The van der Waals surface area contributed by atoms with E-state index in [4.69, 9.17) is 11.6 Å². The Hall–Kier alpha value is -1.38. The number of nitrogens with one attached hydrogen (secondary N) is 1. The van der Waals surface area contributed by atoms with Crippen molar-refractivity contribution < 1.29 is 0 Å². The van der Waals surface area contributed by atoms with Crippen molar-refractivity contribution in [2.45, 2.75) is 32.2 Å². The molecule has 1 N–H and O–H groups in total. The van der Waals surface area contributed by atoms with Gasteiger partial charge >= 0.3 is 0 Å². The van der Waals surface area contributed by atoms with Gasteiger partial charge in [-0.2, -0.15) is 0 Å². The van der Waals surface area contributed by atoms with Gasteiger partial charge in [-0.15, -0.1) is 0 Å². The quantitative estimate of drug-likeness (QED) is 0.836. The van der Waals surface area contributed by atoms with E-state index in [1.807, 2.05) is 36.5 Å². The molecule has 20 heavy (non-hydrogen) atoms. The fourth-order valence-electron chi connectivity index (χ4n) is 2.38. The monoisotopic (exact) mass is 288 g/mol. The van der Waals surface area contributed by atoms with E-state index in [2.05, 4.69) is 29.4 Å². The second-order valence-electron chi connectivity index (χ2n) is 4.95. The Kier molecular flexibility index (Phi) is 6.03. The van der Waals surface area contributed by atoms with Crippen LogP contribution in [0, 0.1) is 0 Å². The highest BCUT2D eigenvalue weighted by Gasteiger charge is 2.09. The van der Waals surface area contributed by atoms with E-state index in [9.17, 15) is 0 Å². The molecule has 1 heterocycles. The highest BCUT2D eigenvalue weighted by molar-refractivity contribution is 6.30. The van der Waals surface area contributed by atoms with Crippen molar-refractivity contribution in [3.05, 3.63) is 64.9 Å². The lowest BCUT2D eigenvalue weighted by atomic mass is 10.0. The molecule has 0 bridgehead atoms. The molecule has 2 aromatic rings. The van der Waals surface area contributed by atoms with E-state index >= 15 is 0 Å². The molecule has 0 saturated carbocycles. The van der Waals surface area contributed by atoms with Crippen LogP contribution in [0.5, 0.6) is 0 Å². The number of hydrogen-bond donors (Lipinski definition) is 1. The third kappa shape index (κ3) is 4.95. The number of benzene rings is 1. The average Bonchev–Trinajstić information content (AvgIpc) is 2.46. The van der Waals surface area contributed by atoms with Gasteiger partial charge in [0.25, 0.3) is 0 Å². The second kappa shape index (κ2) is 8.03. The molecule has 2 rings (SSSR count). The zero-order chi connectivity index (χ0) is 14.2. The van der Waals surface area contributed by atoms with E-state index in [1.165, 1.54) is 5.56 Å². The van der Waals surface area contributed by atoms with E-state index in [-0.39, 0.29) is 0 Å². The number of aromatic nitrogens is 1. The first-order valence-corrected chi connectivity index (χ1v) is 7.53. The number of nitrogens with zero attached hydrogens (tertiary/aromatic N) is 1. The van der Waals surface area contributed by atoms with Gasteiger partial charge in [0, 0.05) is 23.0 Å². The van der Waals surface area contributed by atoms with Crippen molar-refractivity contribution in [2.24, 2.45) is 0 Å². The molecule has 0 amide bonds. The van der Waals surface area contributed by atoms with Gasteiger partial charge in [0.05, 0.1) is 0 Å². The molecule has 1 aromatic carbocycles. The lowest BCUT2D eigenvalue weighted by Gasteiger charge is -2.18. The maximum absolute atomic E-state index is 6.05. The highest BCUT2D eigenvalue weighted by Crippen LogP contribution is 2.14. The minimum atomic E-state index is 0.459. The molecule has 0 spiro atoms. The Morgan fingerprint density at radius 2 is 2.10 bits per heavy atom. The van der Waals surface area contributed by atoms with Gasteiger partial charge in [-0.3, -0.25) is 4.98 Å². The maximum Gasteiger partial charge on any atom is 0.0408 e. The minimum Gasteiger partial charge on any atom is -0.314 e. The Labute approximate surface area is 126 Å². The van der Waals surface area contributed by atoms with E-state index in [0.717, 1.165) is 36.5 Å². The summed E-state index contributed by atoms with van der Waals surface area (Å²) in [6.07, 6.45) is 4.94. The van der Waals surface area contributed by atoms with Crippen LogP contribution in [0.3, 0.4) is 0 Å². The van der Waals surface area contributed by atoms with Crippen molar-refractivity contribution in [1.29, 1.82) is 0 Å². The molecule has 0 fully saturated rings. The lowest BCUT2D eigenvalue weighted by Crippen LogP contribution is -2.31. The van der Waals surface area contributed by atoms with Crippen molar-refractivity contribution in [3.63, 3.8) is 0 Å². The zero-order valence-electron chi connectivity index (χ0n) is 11.8. The molecule has 0 saturated heterocycles. The number of pyridine rings is 1. The Balaban J connectivity index is 1.93. The fraction of sp³-hybridized carbons (Fsp3) is 0.353. The van der Waals surface area contributed by atoms with E-state index in [0.29, 0.717) is 6.04 Å².